The topological polar surface area (TPSA) is 0 Å². The second-order valence-electron chi connectivity index (χ2n) is 5.91. The van der Waals surface area contributed by atoms with E-state index in [-0.39, 0.29) is 0 Å². The molecule has 0 aliphatic rings. The molecule has 0 bridgehead atoms. The summed E-state index contributed by atoms with van der Waals surface area (Å²) >= 11 is 0. The van der Waals surface area contributed by atoms with Gasteiger partial charge in [0, 0.05) is 0 Å². The molecule has 2 rings (SSSR count). The van der Waals surface area contributed by atoms with E-state index in [9.17, 15) is 0 Å². The van der Waals surface area contributed by atoms with Crippen molar-refractivity contribution < 1.29 is 0 Å². The second kappa shape index (κ2) is 14.5. The lowest BCUT2D eigenvalue weighted by molar-refractivity contribution is 0.816. The largest absolute Gasteiger partial charge is 0.0839 e. The SMILES string of the molecule is CCCCC=Cc1ccccc1.CCCCC=Cc1ccccc1. The summed E-state index contributed by atoms with van der Waals surface area (Å²) in [6.07, 6.45) is 16.4. The van der Waals surface area contributed by atoms with E-state index in [4.69, 9.17) is 0 Å². The van der Waals surface area contributed by atoms with Crippen molar-refractivity contribution in [2.24, 2.45) is 0 Å². The molecule has 0 aliphatic carbocycles. The lowest BCUT2D eigenvalue weighted by Gasteiger charge is -1.91. The monoisotopic (exact) mass is 320 g/mol. The minimum absolute atomic E-state index is 1.20. The Balaban J connectivity index is 0.000000240. The molecular weight excluding hydrogens is 288 g/mol. The average molecular weight is 321 g/mol. The van der Waals surface area contributed by atoms with Gasteiger partial charge in [0.2, 0.25) is 0 Å². The first-order chi connectivity index (χ1) is 11.9. The van der Waals surface area contributed by atoms with Crippen LogP contribution in [0.1, 0.15) is 63.5 Å². The molecule has 0 saturated carbocycles. The highest BCUT2D eigenvalue weighted by Crippen LogP contribution is 2.04. The summed E-state index contributed by atoms with van der Waals surface area (Å²) in [5.41, 5.74) is 2.60. The standard InChI is InChI=1S/2C12H16/c2*1-2-3-4-6-9-12-10-7-5-8-11-12/h2*5-11H,2-4H2,1H3. The van der Waals surface area contributed by atoms with E-state index < -0.39 is 0 Å². The summed E-state index contributed by atoms with van der Waals surface area (Å²) < 4.78 is 0. The van der Waals surface area contributed by atoms with Crippen LogP contribution >= 0.6 is 0 Å². The van der Waals surface area contributed by atoms with Gasteiger partial charge in [0.25, 0.3) is 0 Å². The van der Waals surface area contributed by atoms with Crippen LogP contribution in [0.2, 0.25) is 0 Å². The summed E-state index contributed by atoms with van der Waals surface area (Å²) in [4.78, 5) is 0. The van der Waals surface area contributed by atoms with Crippen LogP contribution in [0.3, 0.4) is 0 Å². The summed E-state index contributed by atoms with van der Waals surface area (Å²) in [6.45, 7) is 4.44. The van der Waals surface area contributed by atoms with Gasteiger partial charge in [-0.15, -0.1) is 0 Å². The molecule has 0 nitrogen and oxygen atoms in total. The molecule has 0 heterocycles. The highest BCUT2D eigenvalue weighted by molar-refractivity contribution is 5.49. The summed E-state index contributed by atoms with van der Waals surface area (Å²) in [5.74, 6) is 0. The quantitative estimate of drug-likeness (QED) is 0.435. The zero-order valence-electron chi connectivity index (χ0n) is 15.3. The Morgan fingerprint density at radius 2 is 0.958 bits per heavy atom. The van der Waals surface area contributed by atoms with Gasteiger partial charge in [-0.25, -0.2) is 0 Å². The zero-order chi connectivity index (χ0) is 17.3. The van der Waals surface area contributed by atoms with Crippen LogP contribution in [-0.2, 0) is 0 Å². The van der Waals surface area contributed by atoms with E-state index in [1.807, 2.05) is 12.1 Å². The van der Waals surface area contributed by atoms with E-state index >= 15 is 0 Å². The molecule has 0 atom stereocenters. The van der Waals surface area contributed by atoms with Gasteiger partial charge in [-0.3, -0.25) is 0 Å². The van der Waals surface area contributed by atoms with Crippen LogP contribution in [0.15, 0.2) is 72.8 Å². The molecule has 128 valence electrons. The van der Waals surface area contributed by atoms with Gasteiger partial charge in [0.1, 0.15) is 0 Å². The molecular formula is C24H32. The first-order valence-corrected chi connectivity index (χ1v) is 9.30. The molecule has 2 aromatic rings. The minimum Gasteiger partial charge on any atom is -0.0839 e. The van der Waals surface area contributed by atoms with Crippen molar-refractivity contribution in [1.82, 2.24) is 0 Å². The fourth-order valence-electron chi connectivity index (χ4n) is 2.21. The van der Waals surface area contributed by atoms with Gasteiger partial charge < -0.3 is 0 Å². The third-order valence-corrected chi connectivity index (χ3v) is 3.67. The normalized spacial score (nSPS) is 10.8. The van der Waals surface area contributed by atoms with Crippen LogP contribution in [0.25, 0.3) is 12.2 Å². The van der Waals surface area contributed by atoms with E-state index in [2.05, 4.69) is 86.7 Å². The van der Waals surface area contributed by atoms with E-state index in [0.29, 0.717) is 0 Å². The van der Waals surface area contributed by atoms with Gasteiger partial charge in [-0.2, -0.15) is 0 Å². The lowest BCUT2D eigenvalue weighted by atomic mass is 10.2. The maximum Gasteiger partial charge on any atom is -0.0260 e. The van der Waals surface area contributed by atoms with Crippen molar-refractivity contribution in [3.63, 3.8) is 0 Å². The van der Waals surface area contributed by atoms with Crippen LogP contribution < -0.4 is 0 Å². The smallest absolute Gasteiger partial charge is 0.0260 e. The molecule has 0 aromatic heterocycles. The van der Waals surface area contributed by atoms with Crippen LogP contribution in [-0.4, -0.2) is 0 Å². The van der Waals surface area contributed by atoms with Crippen molar-refractivity contribution in [2.75, 3.05) is 0 Å². The predicted molar refractivity (Wildman–Crippen MR) is 110 cm³/mol. The number of rotatable bonds is 8. The Morgan fingerprint density at radius 3 is 1.29 bits per heavy atom. The van der Waals surface area contributed by atoms with Crippen LogP contribution in [0.4, 0.5) is 0 Å². The molecule has 0 radical (unpaired) electrons. The molecule has 0 aliphatic heterocycles. The van der Waals surface area contributed by atoms with Crippen LogP contribution in [0, 0.1) is 0 Å². The summed E-state index contributed by atoms with van der Waals surface area (Å²) in [7, 11) is 0. The zero-order valence-corrected chi connectivity index (χ0v) is 15.3. The number of hydrogen-bond donors (Lipinski definition) is 0. The highest BCUT2D eigenvalue weighted by Gasteiger charge is 1.83. The average Bonchev–Trinajstić information content (AvgIpc) is 2.65. The van der Waals surface area contributed by atoms with Gasteiger partial charge in [0.15, 0.2) is 0 Å². The molecule has 0 N–H and O–H groups in total. The fourth-order valence-corrected chi connectivity index (χ4v) is 2.21. The number of allylic oxidation sites excluding steroid dienone is 2. The molecule has 0 amide bonds. The molecule has 0 saturated heterocycles. The summed E-state index contributed by atoms with van der Waals surface area (Å²) in [5, 5.41) is 0. The molecule has 0 heteroatoms. The highest BCUT2D eigenvalue weighted by atomic mass is 13.9. The predicted octanol–water partition coefficient (Wildman–Crippen LogP) is 7.78. The Bertz CT molecular complexity index is 496. The van der Waals surface area contributed by atoms with Crippen molar-refractivity contribution >= 4 is 12.2 Å². The summed E-state index contributed by atoms with van der Waals surface area (Å²) in [6, 6.07) is 20.9. The van der Waals surface area contributed by atoms with Crippen molar-refractivity contribution in [1.29, 1.82) is 0 Å². The number of benzene rings is 2. The molecule has 0 fully saturated rings. The third kappa shape index (κ3) is 10.6. The van der Waals surface area contributed by atoms with Gasteiger partial charge in [0.05, 0.1) is 0 Å². The first-order valence-electron chi connectivity index (χ1n) is 9.30. The lowest BCUT2D eigenvalue weighted by Crippen LogP contribution is -1.69. The maximum atomic E-state index is 2.25. The van der Waals surface area contributed by atoms with Gasteiger partial charge in [-0.1, -0.05) is 124 Å². The fraction of sp³-hybridized carbons (Fsp3) is 0.333. The van der Waals surface area contributed by atoms with E-state index in [0.717, 1.165) is 0 Å². The van der Waals surface area contributed by atoms with E-state index in [1.54, 1.807) is 0 Å². The van der Waals surface area contributed by atoms with Gasteiger partial charge in [-0.05, 0) is 24.0 Å². The number of hydrogen-bond acceptors (Lipinski definition) is 0. The minimum atomic E-state index is 1.20. The Kier molecular flexibility index (Phi) is 12.1. The van der Waals surface area contributed by atoms with Crippen LogP contribution in [0.5, 0.6) is 0 Å². The molecule has 0 spiro atoms. The van der Waals surface area contributed by atoms with Gasteiger partial charge >= 0.3 is 0 Å². The maximum absolute atomic E-state index is 2.25. The first kappa shape index (κ1) is 20.0. The molecule has 0 unspecified atom stereocenters. The number of unbranched alkanes of at least 4 members (excludes halogenated alkanes) is 4. The third-order valence-electron chi connectivity index (χ3n) is 3.67. The van der Waals surface area contributed by atoms with Crippen molar-refractivity contribution in [3.05, 3.63) is 83.9 Å². The molecule has 2 aromatic carbocycles. The Labute approximate surface area is 148 Å². The Morgan fingerprint density at radius 1 is 0.583 bits per heavy atom. The Hall–Kier alpha value is -2.08. The second-order valence-corrected chi connectivity index (χ2v) is 5.91. The molecule has 24 heavy (non-hydrogen) atoms. The van der Waals surface area contributed by atoms with E-state index in [1.165, 1.54) is 49.7 Å². The van der Waals surface area contributed by atoms with Crippen molar-refractivity contribution in [3.8, 4) is 0 Å². The van der Waals surface area contributed by atoms with Crippen molar-refractivity contribution in [2.45, 2.75) is 52.4 Å².